The van der Waals surface area contributed by atoms with Crippen molar-refractivity contribution < 1.29 is 4.74 Å². The van der Waals surface area contributed by atoms with Crippen LogP contribution in [-0.2, 0) is 12.8 Å². The third kappa shape index (κ3) is 3.95. The molecule has 0 radical (unpaired) electrons. The molecule has 0 amide bonds. The maximum absolute atomic E-state index is 12.8. The molecule has 0 unspecified atom stereocenters. The molecule has 0 saturated heterocycles. The van der Waals surface area contributed by atoms with Crippen LogP contribution in [0.3, 0.4) is 0 Å². The quantitative estimate of drug-likeness (QED) is 0.509. The van der Waals surface area contributed by atoms with E-state index in [4.69, 9.17) is 4.74 Å². The molecule has 0 N–H and O–H groups in total. The average molecular weight is 405 g/mol. The smallest absolute Gasteiger partial charge is 0.296 e. The molecule has 2 heterocycles. The minimum Gasteiger partial charge on any atom is -0.497 e. The summed E-state index contributed by atoms with van der Waals surface area (Å²) in [5.41, 5.74) is 2.60. The van der Waals surface area contributed by atoms with Crippen LogP contribution in [0.2, 0.25) is 0 Å². The molecule has 2 aromatic heterocycles. The van der Waals surface area contributed by atoms with Gasteiger partial charge in [0.2, 0.25) is 4.96 Å². The first-order chi connectivity index (χ1) is 14.1. The lowest BCUT2D eigenvalue weighted by Crippen LogP contribution is -2.28. The minimum atomic E-state index is -0.416. The Morgan fingerprint density at radius 1 is 1.03 bits per heavy atom. The summed E-state index contributed by atoms with van der Waals surface area (Å²) in [4.78, 5) is 29.5. The van der Waals surface area contributed by atoms with E-state index >= 15 is 0 Å². The molecule has 2 aromatic carbocycles. The fraction of sp³-hybridized carbons (Fsp3) is 0.182. The van der Waals surface area contributed by atoms with E-state index in [1.807, 2.05) is 48.5 Å². The molecule has 0 atom stereocenters. The number of aryl methyl sites for hydroxylation is 1. The van der Waals surface area contributed by atoms with Crippen molar-refractivity contribution in [1.29, 1.82) is 0 Å². The third-order valence-corrected chi connectivity index (χ3v) is 5.63. The summed E-state index contributed by atoms with van der Waals surface area (Å²) in [7, 11) is 1.60. The lowest BCUT2D eigenvalue weighted by atomic mass is 10.1. The molecule has 0 spiro atoms. The van der Waals surface area contributed by atoms with Crippen LogP contribution in [0, 0.1) is 0 Å². The first-order valence-corrected chi connectivity index (χ1v) is 10.1. The monoisotopic (exact) mass is 405 g/mol. The van der Waals surface area contributed by atoms with Crippen molar-refractivity contribution in [3.8, 4) is 5.75 Å². The SMILES string of the molecule is CCc1ccc(C=c2sc3nc(=O)c(Cc4ccc(OC)cc4)nn3c2=O)cc1. The van der Waals surface area contributed by atoms with Gasteiger partial charge in [-0.15, -0.1) is 0 Å². The Morgan fingerprint density at radius 2 is 1.72 bits per heavy atom. The second-order valence-corrected chi connectivity index (χ2v) is 7.60. The summed E-state index contributed by atoms with van der Waals surface area (Å²) >= 11 is 1.17. The predicted molar refractivity (Wildman–Crippen MR) is 114 cm³/mol. The van der Waals surface area contributed by atoms with Crippen LogP contribution in [-0.4, -0.2) is 21.7 Å². The van der Waals surface area contributed by atoms with Gasteiger partial charge in [-0.2, -0.15) is 14.6 Å². The summed E-state index contributed by atoms with van der Waals surface area (Å²) in [6, 6.07) is 15.4. The number of methoxy groups -OCH3 is 1. The number of thiazole rings is 1. The highest BCUT2D eigenvalue weighted by Gasteiger charge is 2.12. The standard InChI is InChI=1S/C22H19N3O3S/c1-3-14-4-6-16(7-5-14)13-19-21(27)25-22(29-19)23-20(26)18(24-25)12-15-8-10-17(28-2)11-9-15/h4-11,13H,3,12H2,1-2H3. The van der Waals surface area contributed by atoms with Crippen LogP contribution in [0.1, 0.15) is 29.3 Å². The largest absolute Gasteiger partial charge is 0.497 e. The number of hydrogen-bond acceptors (Lipinski definition) is 6. The highest BCUT2D eigenvalue weighted by atomic mass is 32.1. The molecule has 0 aliphatic rings. The van der Waals surface area contributed by atoms with Gasteiger partial charge in [0, 0.05) is 6.42 Å². The van der Waals surface area contributed by atoms with E-state index in [0.717, 1.165) is 23.3 Å². The molecule has 0 fully saturated rings. The molecular weight excluding hydrogens is 386 g/mol. The van der Waals surface area contributed by atoms with E-state index in [1.54, 1.807) is 13.2 Å². The Balaban J connectivity index is 1.73. The van der Waals surface area contributed by atoms with Gasteiger partial charge in [-0.3, -0.25) is 9.59 Å². The van der Waals surface area contributed by atoms with Crippen LogP contribution in [0.25, 0.3) is 11.0 Å². The zero-order chi connectivity index (χ0) is 20.4. The van der Waals surface area contributed by atoms with Gasteiger partial charge in [-0.1, -0.05) is 54.7 Å². The molecule has 6 nitrogen and oxygen atoms in total. The van der Waals surface area contributed by atoms with Crippen molar-refractivity contribution in [1.82, 2.24) is 14.6 Å². The molecule has 0 bridgehead atoms. The van der Waals surface area contributed by atoms with Gasteiger partial charge >= 0.3 is 0 Å². The average Bonchev–Trinajstić information content (AvgIpc) is 3.04. The van der Waals surface area contributed by atoms with Crippen molar-refractivity contribution in [3.05, 3.63) is 96.2 Å². The highest BCUT2D eigenvalue weighted by Crippen LogP contribution is 2.13. The maximum atomic E-state index is 12.8. The number of aromatic nitrogens is 3. The second kappa shape index (κ2) is 7.97. The van der Waals surface area contributed by atoms with Gasteiger partial charge in [0.15, 0.2) is 0 Å². The Morgan fingerprint density at radius 3 is 2.38 bits per heavy atom. The van der Waals surface area contributed by atoms with Crippen molar-refractivity contribution in [2.24, 2.45) is 0 Å². The first-order valence-electron chi connectivity index (χ1n) is 9.23. The van der Waals surface area contributed by atoms with E-state index in [1.165, 1.54) is 21.4 Å². The normalized spacial score (nSPS) is 11.9. The molecule has 4 aromatic rings. The number of hydrogen-bond donors (Lipinski definition) is 0. The zero-order valence-corrected chi connectivity index (χ0v) is 16.9. The lowest BCUT2D eigenvalue weighted by molar-refractivity contribution is 0.414. The molecular formula is C22H19N3O3S. The van der Waals surface area contributed by atoms with Crippen molar-refractivity contribution in [3.63, 3.8) is 0 Å². The topological polar surface area (TPSA) is 73.6 Å². The molecule has 4 rings (SSSR count). The number of rotatable bonds is 5. The Labute approximate surface area is 170 Å². The summed E-state index contributed by atoms with van der Waals surface area (Å²) in [6.45, 7) is 2.10. The number of nitrogens with zero attached hydrogens (tertiary/aromatic N) is 3. The van der Waals surface area contributed by atoms with E-state index in [9.17, 15) is 9.59 Å². The predicted octanol–water partition coefficient (Wildman–Crippen LogP) is 2.22. The van der Waals surface area contributed by atoms with E-state index in [2.05, 4.69) is 17.0 Å². The van der Waals surface area contributed by atoms with Gasteiger partial charge in [0.1, 0.15) is 11.4 Å². The van der Waals surface area contributed by atoms with Crippen LogP contribution < -0.4 is 20.4 Å². The van der Waals surface area contributed by atoms with Crippen LogP contribution >= 0.6 is 11.3 Å². The van der Waals surface area contributed by atoms with Gasteiger partial charge in [-0.25, -0.2) is 0 Å². The molecule has 0 aliphatic heterocycles. The van der Waals surface area contributed by atoms with Crippen molar-refractivity contribution in [2.75, 3.05) is 7.11 Å². The fourth-order valence-corrected chi connectivity index (χ4v) is 3.89. The lowest BCUT2D eigenvalue weighted by Gasteiger charge is -2.02. The van der Waals surface area contributed by atoms with E-state index in [0.29, 0.717) is 15.9 Å². The highest BCUT2D eigenvalue weighted by molar-refractivity contribution is 7.15. The van der Waals surface area contributed by atoms with Gasteiger partial charge in [0.05, 0.1) is 11.6 Å². The molecule has 0 aliphatic carbocycles. The minimum absolute atomic E-state index is 0.237. The molecule has 146 valence electrons. The number of fused-ring (bicyclic) bond motifs is 1. The third-order valence-electron chi connectivity index (χ3n) is 4.67. The Hall–Kier alpha value is -3.32. The van der Waals surface area contributed by atoms with Gasteiger partial charge < -0.3 is 4.74 Å². The van der Waals surface area contributed by atoms with Crippen LogP contribution in [0.4, 0.5) is 0 Å². The molecule has 29 heavy (non-hydrogen) atoms. The maximum Gasteiger partial charge on any atom is 0.296 e. The number of benzene rings is 2. The summed E-state index contributed by atoms with van der Waals surface area (Å²) in [5, 5.41) is 4.29. The van der Waals surface area contributed by atoms with E-state index < -0.39 is 5.56 Å². The van der Waals surface area contributed by atoms with Crippen LogP contribution in [0.15, 0.2) is 58.1 Å². The summed E-state index contributed by atoms with van der Waals surface area (Å²) in [5.74, 6) is 0.735. The summed E-state index contributed by atoms with van der Waals surface area (Å²) < 4.78 is 6.86. The Kier molecular flexibility index (Phi) is 5.22. The molecule has 0 saturated carbocycles. The van der Waals surface area contributed by atoms with Crippen molar-refractivity contribution in [2.45, 2.75) is 19.8 Å². The van der Waals surface area contributed by atoms with Crippen LogP contribution in [0.5, 0.6) is 5.75 Å². The van der Waals surface area contributed by atoms with Crippen molar-refractivity contribution >= 4 is 22.4 Å². The second-order valence-electron chi connectivity index (χ2n) is 6.59. The first kappa shape index (κ1) is 19.0. The molecule has 7 heteroatoms. The zero-order valence-electron chi connectivity index (χ0n) is 16.1. The van der Waals surface area contributed by atoms with Gasteiger partial charge in [-0.05, 0) is 41.3 Å². The Bertz CT molecular complexity index is 1320. The van der Waals surface area contributed by atoms with Gasteiger partial charge in [0.25, 0.3) is 11.1 Å². The fourth-order valence-electron chi connectivity index (χ4n) is 2.99. The number of ether oxygens (including phenoxy) is 1. The summed E-state index contributed by atoms with van der Waals surface area (Å²) in [6.07, 6.45) is 3.06. The van der Waals surface area contributed by atoms with E-state index in [-0.39, 0.29) is 11.3 Å².